The molecule has 0 aliphatic carbocycles. The van der Waals surface area contributed by atoms with Crippen LogP contribution in [0.5, 0.6) is 0 Å². The molecule has 0 spiro atoms. The number of carbonyl (C=O) groups is 1. The normalized spacial score (nSPS) is 11.0. The largest absolute Gasteiger partial charge is 0.342 e. The van der Waals surface area contributed by atoms with Gasteiger partial charge in [0, 0.05) is 29.6 Å². The van der Waals surface area contributed by atoms with E-state index in [2.05, 4.69) is 20.1 Å². The Morgan fingerprint density at radius 3 is 2.72 bits per heavy atom. The molecule has 156 valence electrons. The number of nitrogens with one attached hydrogen (secondary N) is 1. The smallest absolute Gasteiger partial charge is 0.267 e. The van der Waals surface area contributed by atoms with E-state index in [4.69, 9.17) is 0 Å². The third kappa shape index (κ3) is 4.09. The molecule has 1 N–H and O–H groups in total. The molecule has 0 aliphatic heterocycles. The first-order chi connectivity index (χ1) is 15.7. The van der Waals surface area contributed by atoms with Gasteiger partial charge in [0.25, 0.3) is 5.56 Å². The Labute approximate surface area is 183 Å². The van der Waals surface area contributed by atoms with Gasteiger partial charge >= 0.3 is 0 Å². The first-order valence-corrected chi connectivity index (χ1v) is 10.2. The molecule has 2 aromatic carbocycles. The van der Waals surface area contributed by atoms with Gasteiger partial charge in [-0.25, -0.2) is 9.67 Å². The van der Waals surface area contributed by atoms with Crippen LogP contribution in [-0.2, 0) is 13.0 Å². The summed E-state index contributed by atoms with van der Waals surface area (Å²) in [5.41, 5.74) is 4.41. The molecule has 7 heteroatoms. The maximum Gasteiger partial charge on any atom is 0.267 e. The molecule has 32 heavy (non-hydrogen) atoms. The van der Waals surface area contributed by atoms with Crippen molar-refractivity contribution in [3.8, 4) is 11.3 Å². The van der Waals surface area contributed by atoms with Gasteiger partial charge in [-0.1, -0.05) is 30.3 Å². The number of benzene rings is 2. The lowest BCUT2D eigenvalue weighted by Crippen LogP contribution is -2.23. The van der Waals surface area contributed by atoms with E-state index in [1.165, 1.54) is 10.7 Å². The number of aromatic nitrogens is 5. The van der Waals surface area contributed by atoms with Crippen LogP contribution in [0, 0.1) is 0 Å². The number of hydrogen-bond donors (Lipinski definition) is 1. The number of ketones is 1. The van der Waals surface area contributed by atoms with Gasteiger partial charge in [0.05, 0.1) is 29.7 Å². The summed E-state index contributed by atoms with van der Waals surface area (Å²) >= 11 is 0. The van der Waals surface area contributed by atoms with Crippen molar-refractivity contribution in [2.24, 2.45) is 0 Å². The minimum Gasteiger partial charge on any atom is -0.342 e. The van der Waals surface area contributed by atoms with Crippen molar-refractivity contribution in [2.75, 3.05) is 0 Å². The van der Waals surface area contributed by atoms with Crippen LogP contribution in [0.4, 0.5) is 0 Å². The van der Waals surface area contributed by atoms with E-state index >= 15 is 0 Å². The second-order valence-electron chi connectivity index (χ2n) is 7.46. The first-order valence-electron chi connectivity index (χ1n) is 10.2. The first kappa shape index (κ1) is 19.6. The summed E-state index contributed by atoms with van der Waals surface area (Å²) in [5, 5.41) is 4.47. The lowest BCUT2D eigenvalue weighted by molar-refractivity contribution is 0.0991. The van der Waals surface area contributed by atoms with Crippen molar-refractivity contribution in [3.05, 3.63) is 112 Å². The fourth-order valence-electron chi connectivity index (χ4n) is 3.59. The predicted octanol–water partition coefficient (Wildman–Crippen LogP) is 3.66. The maximum atomic E-state index is 12.9. The SMILES string of the molecule is O=C(Cc1nc2ccccc2[nH]1)c1cccc(Cn2nc(-c3cccnc3)ccc2=O)c1. The van der Waals surface area contributed by atoms with Gasteiger partial charge in [0.15, 0.2) is 5.78 Å². The van der Waals surface area contributed by atoms with Gasteiger partial charge in [-0.15, -0.1) is 0 Å². The summed E-state index contributed by atoms with van der Waals surface area (Å²) in [4.78, 5) is 37.0. The molecular formula is C25H19N5O2. The Morgan fingerprint density at radius 2 is 1.88 bits per heavy atom. The van der Waals surface area contributed by atoms with Crippen LogP contribution in [-0.4, -0.2) is 30.5 Å². The molecule has 5 aromatic rings. The molecule has 0 fully saturated rings. The van der Waals surface area contributed by atoms with E-state index in [1.54, 1.807) is 30.6 Å². The number of H-pyrrole nitrogens is 1. The van der Waals surface area contributed by atoms with Gasteiger partial charge < -0.3 is 4.98 Å². The summed E-state index contributed by atoms with van der Waals surface area (Å²) in [7, 11) is 0. The second-order valence-corrected chi connectivity index (χ2v) is 7.46. The fraction of sp³-hybridized carbons (Fsp3) is 0.0800. The molecule has 0 aliphatic rings. The number of rotatable bonds is 6. The molecule has 0 radical (unpaired) electrons. The Bertz CT molecular complexity index is 1440. The summed E-state index contributed by atoms with van der Waals surface area (Å²) in [6, 6.07) is 21.8. The van der Waals surface area contributed by atoms with E-state index in [-0.39, 0.29) is 24.3 Å². The van der Waals surface area contributed by atoms with E-state index in [9.17, 15) is 9.59 Å². The van der Waals surface area contributed by atoms with Crippen LogP contribution in [0.3, 0.4) is 0 Å². The minimum atomic E-state index is -0.211. The van der Waals surface area contributed by atoms with Crippen molar-refractivity contribution >= 4 is 16.8 Å². The molecular weight excluding hydrogens is 402 g/mol. The van der Waals surface area contributed by atoms with E-state index in [0.717, 1.165) is 22.2 Å². The molecule has 0 atom stereocenters. The summed E-state index contributed by atoms with van der Waals surface area (Å²) in [6.45, 7) is 0.263. The zero-order chi connectivity index (χ0) is 21.9. The zero-order valence-electron chi connectivity index (χ0n) is 17.1. The van der Waals surface area contributed by atoms with Crippen LogP contribution >= 0.6 is 0 Å². The molecule has 0 saturated heterocycles. The maximum absolute atomic E-state index is 12.9. The average molecular weight is 421 g/mol. The van der Waals surface area contributed by atoms with Gasteiger partial charge in [-0.05, 0) is 42.0 Å². The molecule has 0 bridgehead atoms. The monoisotopic (exact) mass is 421 g/mol. The zero-order valence-corrected chi connectivity index (χ0v) is 17.1. The highest BCUT2D eigenvalue weighted by molar-refractivity contribution is 5.97. The lowest BCUT2D eigenvalue weighted by Gasteiger charge is -2.08. The van der Waals surface area contributed by atoms with Crippen LogP contribution in [0.2, 0.25) is 0 Å². The van der Waals surface area contributed by atoms with Crippen molar-refractivity contribution in [3.63, 3.8) is 0 Å². The number of para-hydroxylation sites is 2. The van der Waals surface area contributed by atoms with Crippen molar-refractivity contribution < 1.29 is 4.79 Å². The van der Waals surface area contributed by atoms with E-state index < -0.39 is 0 Å². The number of imidazole rings is 1. The standard InChI is InChI=1S/C25H19N5O2/c31-23(14-24-27-21-8-1-2-9-22(21)28-24)18-6-3-5-17(13-18)16-30-25(32)11-10-20(29-30)19-7-4-12-26-15-19/h1-13,15H,14,16H2,(H,27,28). The molecule has 0 amide bonds. The number of nitrogens with zero attached hydrogens (tertiary/aromatic N) is 4. The Kier molecular flexibility index (Phi) is 5.13. The topological polar surface area (TPSA) is 93.5 Å². The number of hydrogen-bond acceptors (Lipinski definition) is 5. The highest BCUT2D eigenvalue weighted by atomic mass is 16.1. The van der Waals surface area contributed by atoms with Crippen LogP contribution in [0.15, 0.2) is 90.0 Å². The average Bonchev–Trinajstić information content (AvgIpc) is 3.23. The van der Waals surface area contributed by atoms with Gasteiger partial charge in [0.2, 0.25) is 0 Å². The van der Waals surface area contributed by atoms with Crippen molar-refractivity contribution in [1.29, 1.82) is 0 Å². The fourth-order valence-corrected chi connectivity index (χ4v) is 3.59. The number of Topliss-reactive ketones (excluding diaryl/α,β-unsaturated/α-hetero) is 1. The second kappa shape index (κ2) is 8.39. The molecule has 0 saturated carbocycles. The summed E-state index contributed by atoms with van der Waals surface area (Å²) in [6.07, 6.45) is 3.56. The van der Waals surface area contributed by atoms with Gasteiger partial charge in [-0.2, -0.15) is 5.10 Å². The third-order valence-corrected chi connectivity index (χ3v) is 5.17. The third-order valence-electron chi connectivity index (χ3n) is 5.17. The Hall–Kier alpha value is -4.39. The Balaban J connectivity index is 1.37. The van der Waals surface area contributed by atoms with Crippen molar-refractivity contribution in [2.45, 2.75) is 13.0 Å². The molecule has 3 aromatic heterocycles. The predicted molar refractivity (Wildman–Crippen MR) is 121 cm³/mol. The molecule has 0 unspecified atom stereocenters. The molecule has 3 heterocycles. The highest BCUT2D eigenvalue weighted by Gasteiger charge is 2.12. The molecule has 5 rings (SSSR count). The number of fused-ring (bicyclic) bond motifs is 1. The number of aromatic amines is 1. The van der Waals surface area contributed by atoms with E-state index in [0.29, 0.717) is 17.1 Å². The molecule has 7 nitrogen and oxygen atoms in total. The summed E-state index contributed by atoms with van der Waals surface area (Å²) < 4.78 is 1.39. The van der Waals surface area contributed by atoms with Gasteiger partial charge in [0.1, 0.15) is 5.82 Å². The quantitative estimate of drug-likeness (QED) is 0.423. The minimum absolute atomic E-state index is 0.0460. The highest BCUT2D eigenvalue weighted by Crippen LogP contribution is 2.15. The summed E-state index contributed by atoms with van der Waals surface area (Å²) in [5.74, 6) is 0.582. The van der Waals surface area contributed by atoms with Crippen LogP contribution in [0.25, 0.3) is 22.3 Å². The number of pyridine rings is 1. The van der Waals surface area contributed by atoms with Crippen LogP contribution < -0.4 is 5.56 Å². The number of carbonyl (C=O) groups excluding carboxylic acids is 1. The van der Waals surface area contributed by atoms with Gasteiger partial charge in [-0.3, -0.25) is 14.6 Å². The van der Waals surface area contributed by atoms with E-state index in [1.807, 2.05) is 48.5 Å². The Morgan fingerprint density at radius 1 is 0.969 bits per heavy atom. The lowest BCUT2D eigenvalue weighted by atomic mass is 10.0. The van der Waals surface area contributed by atoms with Crippen LogP contribution in [0.1, 0.15) is 21.7 Å². The van der Waals surface area contributed by atoms with Crippen molar-refractivity contribution in [1.82, 2.24) is 24.7 Å².